The minimum absolute atomic E-state index is 0.237. The predicted molar refractivity (Wildman–Crippen MR) is 99.5 cm³/mol. The number of hydrogen-bond acceptors (Lipinski definition) is 4. The Morgan fingerprint density at radius 1 is 1.00 bits per heavy atom. The normalized spacial score (nSPS) is 10.7. The first kappa shape index (κ1) is 16.2. The number of benzene rings is 2. The van der Waals surface area contributed by atoms with Crippen molar-refractivity contribution >= 4 is 22.9 Å². The zero-order chi connectivity index (χ0) is 17.9. The Balaban J connectivity index is 1.50. The number of imidazole rings is 1. The van der Waals surface area contributed by atoms with E-state index in [0.29, 0.717) is 17.2 Å². The van der Waals surface area contributed by atoms with E-state index in [2.05, 4.69) is 20.3 Å². The van der Waals surface area contributed by atoms with E-state index < -0.39 is 0 Å². The van der Waals surface area contributed by atoms with Gasteiger partial charge in [-0.05, 0) is 42.0 Å². The molecule has 7 heteroatoms. The number of H-pyrrole nitrogens is 1. The molecule has 0 aliphatic rings. The van der Waals surface area contributed by atoms with Crippen LogP contribution in [0.15, 0.2) is 65.6 Å². The highest BCUT2D eigenvalue weighted by molar-refractivity contribution is 7.07. The fourth-order valence-electron chi connectivity index (χ4n) is 2.48. The number of amides is 1. The SMILES string of the molecule is O=C(Nc1ccc(-c2cnc(-c3ccc(F)cc3)[nH]2)cc1)c1cscn1. The minimum atomic E-state index is -0.282. The molecular weight excluding hydrogens is 351 g/mol. The summed E-state index contributed by atoms with van der Waals surface area (Å²) in [5, 5.41) is 4.50. The van der Waals surface area contributed by atoms with Crippen LogP contribution in [0.3, 0.4) is 0 Å². The Labute approximate surface area is 152 Å². The zero-order valence-corrected chi connectivity index (χ0v) is 14.3. The molecule has 1 amide bonds. The second kappa shape index (κ2) is 6.89. The molecule has 2 N–H and O–H groups in total. The van der Waals surface area contributed by atoms with Crippen molar-refractivity contribution in [2.45, 2.75) is 0 Å². The summed E-state index contributed by atoms with van der Waals surface area (Å²) >= 11 is 1.38. The molecule has 0 unspecified atom stereocenters. The fraction of sp³-hybridized carbons (Fsp3) is 0. The largest absolute Gasteiger partial charge is 0.338 e. The summed E-state index contributed by atoms with van der Waals surface area (Å²) in [5.41, 5.74) is 5.28. The molecule has 0 saturated carbocycles. The van der Waals surface area contributed by atoms with Gasteiger partial charge in [-0.25, -0.2) is 14.4 Å². The first-order chi connectivity index (χ1) is 12.7. The van der Waals surface area contributed by atoms with Crippen molar-refractivity contribution in [2.75, 3.05) is 5.32 Å². The summed E-state index contributed by atoms with van der Waals surface area (Å²) in [6.07, 6.45) is 1.72. The smallest absolute Gasteiger partial charge is 0.275 e. The van der Waals surface area contributed by atoms with Crippen molar-refractivity contribution in [3.8, 4) is 22.6 Å². The standard InChI is InChI=1S/C19H13FN4OS/c20-14-5-1-13(2-6-14)18-21-9-16(24-18)12-3-7-15(8-4-12)23-19(25)17-10-26-11-22-17/h1-11H,(H,21,24)(H,23,25). The lowest BCUT2D eigenvalue weighted by atomic mass is 10.1. The third-order valence-corrected chi connectivity index (χ3v) is 4.40. The van der Waals surface area contributed by atoms with Gasteiger partial charge in [-0.15, -0.1) is 11.3 Å². The van der Waals surface area contributed by atoms with Crippen LogP contribution in [-0.4, -0.2) is 20.9 Å². The number of halogens is 1. The molecule has 0 aliphatic heterocycles. The Morgan fingerprint density at radius 2 is 1.73 bits per heavy atom. The van der Waals surface area contributed by atoms with Crippen molar-refractivity contribution in [1.29, 1.82) is 0 Å². The molecule has 5 nitrogen and oxygen atoms in total. The summed E-state index contributed by atoms with van der Waals surface area (Å²) in [4.78, 5) is 23.5. The van der Waals surface area contributed by atoms with Gasteiger partial charge in [0.25, 0.3) is 5.91 Å². The van der Waals surface area contributed by atoms with E-state index in [1.807, 2.05) is 24.3 Å². The van der Waals surface area contributed by atoms with E-state index in [9.17, 15) is 9.18 Å². The molecule has 128 valence electrons. The van der Waals surface area contributed by atoms with E-state index >= 15 is 0 Å². The summed E-state index contributed by atoms with van der Waals surface area (Å²) in [7, 11) is 0. The molecule has 0 saturated heterocycles. The number of anilines is 1. The maximum atomic E-state index is 13.0. The van der Waals surface area contributed by atoms with E-state index in [-0.39, 0.29) is 11.7 Å². The maximum absolute atomic E-state index is 13.0. The molecule has 0 atom stereocenters. The summed E-state index contributed by atoms with van der Waals surface area (Å²) in [5.74, 6) is 0.149. The van der Waals surface area contributed by atoms with E-state index in [1.54, 1.807) is 29.2 Å². The van der Waals surface area contributed by atoms with Gasteiger partial charge in [0.2, 0.25) is 0 Å². The zero-order valence-electron chi connectivity index (χ0n) is 13.4. The highest BCUT2D eigenvalue weighted by Gasteiger charge is 2.09. The molecule has 0 radical (unpaired) electrons. The monoisotopic (exact) mass is 364 g/mol. The summed E-state index contributed by atoms with van der Waals surface area (Å²) in [6, 6.07) is 13.6. The number of rotatable bonds is 4. The fourth-order valence-corrected chi connectivity index (χ4v) is 3.01. The Hall–Kier alpha value is -3.32. The van der Waals surface area contributed by atoms with Gasteiger partial charge in [0.05, 0.1) is 17.4 Å². The van der Waals surface area contributed by atoms with Gasteiger partial charge in [0.1, 0.15) is 17.3 Å². The third kappa shape index (κ3) is 3.38. The van der Waals surface area contributed by atoms with Crippen LogP contribution in [0.2, 0.25) is 0 Å². The number of carbonyl (C=O) groups is 1. The molecule has 0 fully saturated rings. The molecule has 2 heterocycles. The van der Waals surface area contributed by atoms with Crippen LogP contribution < -0.4 is 5.32 Å². The first-order valence-corrected chi connectivity index (χ1v) is 8.74. The Bertz CT molecular complexity index is 1020. The van der Waals surface area contributed by atoms with Gasteiger partial charge >= 0.3 is 0 Å². The van der Waals surface area contributed by atoms with Gasteiger partial charge < -0.3 is 10.3 Å². The van der Waals surface area contributed by atoms with Crippen LogP contribution >= 0.6 is 11.3 Å². The first-order valence-electron chi connectivity index (χ1n) is 7.80. The van der Waals surface area contributed by atoms with Crippen LogP contribution in [0, 0.1) is 5.82 Å². The van der Waals surface area contributed by atoms with Crippen molar-refractivity contribution in [1.82, 2.24) is 15.0 Å². The second-order valence-corrected chi connectivity index (χ2v) is 6.28. The van der Waals surface area contributed by atoms with Crippen LogP contribution in [0.5, 0.6) is 0 Å². The molecular formula is C19H13FN4OS. The molecule has 2 aromatic carbocycles. The van der Waals surface area contributed by atoms with E-state index in [1.165, 1.54) is 23.5 Å². The van der Waals surface area contributed by atoms with Crippen LogP contribution in [-0.2, 0) is 0 Å². The van der Waals surface area contributed by atoms with E-state index in [4.69, 9.17) is 0 Å². The molecule has 2 aromatic heterocycles. The molecule has 4 rings (SSSR count). The number of aromatic amines is 1. The number of hydrogen-bond donors (Lipinski definition) is 2. The quantitative estimate of drug-likeness (QED) is 0.556. The topological polar surface area (TPSA) is 70.7 Å². The Morgan fingerprint density at radius 3 is 2.42 bits per heavy atom. The van der Waals surface area contributed by atoms with Gasteiger partial charge in [-0.1, -0.05) is 12.1 Å². The van der Waals surface area contributed by atoms with Crippen molar-refractivity contribution in [3.63, 3.8) is 0 Å². The average molecular weight is 364 g/mol. The summed E-state index contributed by atoms with van der Waals surface area (Å²) in [6.45, 7) is 0. The third-order valence-electron chi connectivity index (χ3n) is 3.81. The van der Waals surface area contributed by atoms with Gasteiger partial charge in [0, 0.05) is 16.6 Å². The second-order valence-electron chi connectivity index (χ2n) is 5.56. The maximum Gasteiger partial charge on any atom is 0.275 e. The lowest BCUT2D eigenvalue weighted by Gasteiger charge is -2.04. The number of carbonyl (C=O) groups excluding carboxylic acids is 1. The molecule has 0 spiro atoms. The predicted octanol–water partition coefficient (Wildman–Crippen LogP) is 4.59. The summed E-state index contributed by atoms with van der Waals surface area (Å²) < 4.78 is 13.0. The number of thiazole rings is 1. The minimum Gasteiger partial charge on any atom is -0.338 e. The van der Waals surface area contributed by atoms with Gasteiger partial charge in [0.15, 0.2) is 0 Å². The molecule has 26 heavy (non-hydrogen) atoms. The van der Waals surface area contributed by atoms with Gasteiger partial charge in [-0.2, -0.15) is 0 Å². The lowest BCUT2D eigenvalue weighted by molar-refractivity contribution is 0.102. The van der Waals surface area contributed by atoms with Crippen molar-refractivity contribution < 1.29 is 9.18 Å². The van der Waals surface area contributed by atoms with E-state index in [0.717, 1.165) is 16.8 Å². The van der Waals surface area contributed by atoms with Crippen molar-refractivity contribution in [3.05, 3.63) is 77.1 Å². The number of nitrogens with one attached hydrogen (secondary N) is 2. The molecule has 0 aliphatic carbocycles. The highest BCUT2D eigenvalue weighted by Crippen LogP contribution is 2.24. The number of aromatic nitrogens is 3. The van der Waals surface area contributed by atoms with Gasteiger partial charge in [-0.3, -0.25) is 4.79 Å². The number of nitrogens with zero attached hydrogens (tertiary/aromatic N) is 2. The molecule has 0 bridgehead atoms. The van der Waals surface area contributed by atoms with Crippen LogP contribution in [0.4, 0.5) is 10.1 Å². The average Bonchev–Trinajstić information content (AvgIpc) is 3.35. The highest BCUT2D eigenvalue weighted by atomic mass is 32.1. The van der Waals surface area contributed by atoms with Crippen molar-refractivity contribution in [2.24, 2.45) is 0 Å². The lowest BCUT2D eigenvalue weighted by Crippen LogP contribution is -2.11. The van der Waals surface area contributed by atoms with Crippen LogP contribution in [0.1, 0.15) is 10.5 Å². The molecule has 4 aromatic rings. The van der Waals surface area contributed by atoms with Crippen LogP contribution in [0.25, 0.3) is 22.6 Å². The Kier molecular flexibility index (Phi) is 4.28.